The zero-order valence-corrected chi connectivity index (χ0v) is 23.9. The maximum atomic E-state index is 14.0. The van der Waals surface area contributed by atoms with Crippen LogP contribution in [0.15, 0.2) is 83.8 Å². The number of halogens is 1. The van der Waals surface area contributed by atoms with Crippen LogP contribution in [0.1, 0.15) is 32.3 Å². The maximum Gasteiger partial charge on any atom is 0.264 e. The minimum atomic E-state index is -4.19. The fraction of sp³-hybridized carbons (Fsp3) is 0.310. The van der Waals surface area contributed by atoms with Crippen LogP contribution < -0.4 is 14.4 Å². The summed E-state index contributed by atoms with van der Waals surface area (Å²) in [5.74, 6) is -0.303. The van der Waals surface area contributed by atoms with Gasteiger partial charge in [-0.3, -0.25) is 13.9 Å². The highest BCUT2D eigenvalue weighted by molar-refractivity contribution is 7.92. The summed E-state index contributed by atoms with van der Waals surface area (Å²) in [6, 6.07) is 20.7. The monoisotopic (exact) mass is 571 g/mol. The Hall–Kier alpha value is -3.56. The second-order valence-electron chi connectivity index (χ2n) is 8.89. The van der Waals surface area contributed by atoms with E-state index in [-0.39, 0.29) is 23.0 Å². The van der Waals surface area contributed by atoms with Gasteiger partial charge in [0.1, 0.15) is 18.3 Å². The van der Waals surface area contributed by atoms with Crippen molar-refractivity contribution < 1.29 is 22.7 Å². The molecule has 10 heteroatoms. The van der Waals surface area contributed by atoms with E-state index in [0.717, 1.165) is 16.3 Å². The molecule has 3 aromatic carbocycles. The Bertz CT molecular complexity index is 1350. The lowest BCUT2D eigenvalue weighted by atomic mass is 10.1. The number of rotatable bonds is 13. The van der Waals surface area contributed by atoms with Gasteiger partial charge in [-0.15, -0.1) is 0 Å². The van der Waals surface area contributed by atoms with Gasteiger partial charge in [0, 0.05) is 18.1 Å². The summed E-state index contributed by atoms with van der Waals surface area (Å²) in [7, 11) is -2.70. The van der Waals surface area contributed by atoms with Crippen LogP contribution in [0.5, 0.6) is 5.75 Å². The second kappa shape index (κ2) is 14.0. The molecule has 0 aliphatic carbocycles. The summed E-state index contributed by atoms with van der Waals surface area (Å²) in [5.41, 5.74) is 1.05. The largest absolute Gasteiger partial charge is 0.497 e. The molecular weight excluding hydrogens is 538 g/mol. The molecule has 0 aliphatic heterocycles. The molecule has 3 aromatic rings. The van der Waals surface area contributed by atoms with Crippen molar-refractivity contribution in [3.8, 4) is 5.75 Å². The lowest BCUT2D eigenvalue weighted by molar-refractivity contribution is -0.140. The zero-order chi connectivity index (χ0) is 28.4. The van der Waals surface area contributed by atoms with Crippen LogP contribution in [0.25, 0.3) is 0 Å². The van der Waals surface area contributed by atoms with Crippen molar-refractivity contribution in [2.24, 2.45) is 0 Å². The van der Waals surface area contributed by atoms with E-state index < -0.39 is 28.5 Å². The number of carbonyl (C=O) groups is 2. The van der Waals surface area contributed by atoms with E-state index in [1.54, 1.807) is 18.2 Å². The highest BCUT2D eigenvalue weighted by Crippen LogP contribution is 2.28. The Kier molecular flexibility index (Phi) is 10.8. The molecule has 0 aliphatic rings. The van der Waals surface area contributed by atoms with Crippen molar-refractivity contribution in [3.05, 3.63) is 89.4 Å². The van der Waals surface area contributed by atoms with Crippen molar-refractivity contribution in [2.75, 3.05) is 24.5 Å². The van der Waals surface area contributed by atoms with Gasteiger partial charge >= 0.3 is 0 Å². The number of ether oxygens (including phenoxy) is 1. The van der Waals surface area contributed by atoms with E-state index >= 15 is 0 Å². The average molecular weight is 572 g/mol. The standard InChI is InChI=1S/C29H34ClN3O5S/c1-4-18-31-29(35)27(5-2)32(20-22-10-7-6-8-11-22)28(34)21-33(24-13-9-12-23(30)19-24)39(36,37)26-16-14-25(38-3)15-17-26/h6-17,19,27H,4-5,18,20-21H2,1-3H3,(H,31,35)/t27-/m1/s1. The number of carbonyl (C=O) groups excluding carboxylic acids is 2. The zero-order valence-electron chi connectivity index (χ0n) is 22.3. The lowest BCUT2D eigenvalue weighted by Crippen LogP contribution is -2.52. The Morgan fingerprint density at radius 3 is 2.26 bits per heavy atom. The number of nitrogens with one attached hydrogen (secondary N) is 1. The summed E-state index contributed by atoms with van der Waals surface area (Å²) in [6.07, 6.45) is 1.11. The normalized spacial score (nSPS) is 11.9. The maximum absolute atomic E-state index is 14.0. The third-order valence-electron chi connectivity index (χ3n) is 6.15. The number of sulfonamides is 1. The smallest absolute Gasteiger partial charge is 0.264 e. The molecule has 0 heterocycles. The minimum Gasteiger partial charge on any atom is -0.497 e. The van der Waals surface area contributed by atoms with Crippen LogP contribution in [0.3, 0.4) is 0 Å². The summed E-state index contributed by atoms with van der Waals surface area (Å²) >= 11 is 6.21. The fourth-order valence-electron chi connectivity index (χ4n) is 4.10. The summed E-state index contributed by atoms with van der Waals surface area (Å²) in [4.78, 5) is 28.5. The van der Waals surface area contributed by atoms with E-state index in [4.69, 9.17) is 16.3 Å². The van der Waals surface area contributed by atoms with Crippen molar-refractivity contribution in [1.82, 2.24) is 10.2 Å². The molecule has 0 radical (unpaired) electrons. The molecule has 0 saturated heterocycles. The molecule has 0 saturated carbocycles. The number of benzene rings is 3. The van der Waals surface area contributed by atoms with Crippen molar-refractivity contribution in [2.45, 2.75) is 44.2 Å². The van der Waals surface area contributed by atoms with Gasteiger partial charge in [-0.1, -0.05) is 61.8 Å². The first-order valence-corrected chi connectivity index (χ1v) is 14.6. The van der Waals surface area contributed by atoms with E-state index in [2.05, 4.69) is 5.32 Å². The first kappa shape index (κ1) is 30.0. The van der Waals surface area contributed by atoms with Gasteiger partial charge in [-0.05, 0) is 60.9 Å². The molecular formula is C29H34ClN3O5S. The van der Waals surface area contributed by atoms with Crippen LogP contribution >= 0.6 is 11.6 Å². The lowest BCUT2D eigenvalue weighted by Gasteiger charge is -2.33. The number of hydrogen-bond donors (Lipinski definition) is 1. The molecule has 0 spiro atoms. The number of hydrogen-bond acceptors (Lipinski definition) is 5. The number of nitrogens with zero attached hydrogens (tertiary/aromatic N) is 2. The van der Waals surface area contributed by atoms with E-state index in [1.165, 1.54) is 42.3 Å². The molecule has 3 rings (SSSR count). The summed E-state index contributed by atoms with van der Waals surface area (Å²) in [5, 5.41) is 3.19. The van der Waals surface area contributed by atoms with Gasteiger partial charge in [0.25, 0.3) is 10.0 Å². The molecule has 1 atom stereocenters. The predicted octanol–water partition coefficient (Wildman–Crippen LogP) is 4.88. The summed E-state index contributed by atoms with van der Waals surface area (Å²) < 4.78 is 33.9. The van der Waals surface area contributed by atoms with E-state index in [9.17, 15) is 18.0 Å². The molecule has 2 amide bonds. The topological polar surface area (TPSA) is 96.0 Å². The van der Waals surface area contributed by atoms with Crippen molar-refractivity contribution >= 4 is 39.1 Å². The predicted molar refractivity (Wildman–Crippen MR) is 153 cm³/mol. The van der Waals surface area contributed by atoms with Crippen LogP contribution in [-0.4, -0.2) is 51.4 Å². The SMILES string of the molecule is CCCNC(=O)[C@@H](CC)N(Cc1ccccc1)C(=O)CN(c1cccc(Cl)c1)S(=O)(=O)c1ccc(OC)cc1. The third kappa shape index (κ3) is 7.74. The van der Waals surface area contributed by atoms with Gasteiger partial charge in [0.2, 0.25) is 11.8 Å². The molecule has 0 fully saturated rings. The number of methoxy groups -OCH3 is 1. The Morgan fingerprint density at radius 1 is 0.974 bits per heavy atom. The van der Waals surface area contributed by atoms with Gasteiger partial charge in [-0.2, -0.15) is 0 Å². The molecule has 1 N–H and O–H groups in total. The number of amides is 2. The molecule has 39 heavy (non-hydrogen) atoms. The van der Waals surface area contributed by atoms with E-state index in [0.29, 0.717) is 23.7 Å². The molecule has 0 unspecified atom stereocenters. The first-order valence-electron chi connectivity index (χ1n) is 12.7. The van der Waals surface area contributed by atoms with Gasteiger partial charge in [0.05, 0.1) is 17.7 Å². The summed E-state index contributed by atoms with van der Waals surface area (Å²) in [6.45, 7) is 3.86. The highest BCUT2D eigenvalue weighted by Gasteiger charge is 2.33. The highest BCUT2D eigenvalue weighted by atomic mass is 35.5. The first-order chi connectivity index (χ1) is 18.7. The van der Waals surface area contributed by atoms with Crippen LogP contribution in [0, 0.1) is 0 Å². The fourth-order valence-corrected chi connectivity index (χ4v) is 5.69. The van der Waals surface area contributed by atoms with Crippen molar-refractivity contribution in [3.63, 3.8) is 0 Å². The Morgan fingerprint density at radius 2 is 1.67 bits per heavy atom. The minimum absolute atomic E-state index is 0.0154. The molecule has 0 bridgehead atoms. The van der Waals surface area contributed by atoms with Gasteiger partial charge < -0.3 is 15.0 Å². The van der Waals surface area contributed by atoms with Crippen LogP contribution in [0.4, 0.5) is 5.69 Å². The third-order valence-corrected chi connectivity index (χ3v) is 8.18. The van der Waals surface area contributed by atoms with Crippen LogP contribution in [0.2, 0.25) is 5.02 Å². The quantitative estimate of drug-likeness (QED) is 0.315. The number of anilines is 1. The van der Waals surface area contributed by atoms with Gasteiger partial charge in [0.15, 0.2) is 0 Å². The molecule has 0 aromatic heterocycles. The molecule has 208 valence electrons. The Balaban J connectivity index is 2.04. The average Bonchev–Trinajstić information content (AvgIpc) is 2.95. The van der Waals surface area contributed by atoms with Crippen LogP contribution in [-0.2, 0) is 26.2 Å². The molecule has 8 nitrogen and oxygen atoms in total. The van der Waals surface area contributed by atoms with E-state index in [1.807, 2.05) is 44.2 Å². The second-order valence-corrected chi connectivity index (χ2v) is 11.2. The van der Waals surface area contributed by atoms with Gasteiger partial charge in [-0.25, -0.2) is 8.42 Å². The van der Waals surface area contributed by atoms with Crippen molar-refractivity contribution in [1.29, 1.82) is 0 Å². The Labute approximate surface area is 235 Å².